The normalized spacial score (nSPS) is 44.4. The molecule has 2 spiro atoms. The Bertz CT molecular complexity index is 1530. The quantitative estimate of drug-likeness (QED) is 0.356. The molecule has 5 saturated carbocycles. The Morgan fingerprint density at radius 1 is 1.14 bits per heavy atom. The van der Waals surface area contributed by atoms with Crippen LogP contribution in [0.25, 0.3) is 0 Å². The Hall–Kier alpha value is -2.05. The van der Waals surface area contributed by atoms with Crippen LogP contribution in [0.15, 0.2) is 16.8 Å². The molecule has 51 heavy (non-hydrogen) atoms. The van der Waals surface area contributed by atoms with E-state index in [2.05, 4.69) is 39.8 Å². The van der Waals surface area contributed by atoms with Crippen molar-refractivity contribution < 1.29 is 43.3 Å². The summed E-state index contributed by atoms with van der Waals surface area (Å²) in [4.78, 5) is 26.8. The number of carbonyl (C=O) groups excluding carboxylic acids is 2. The fraction of sp³-hybridized carbons (Fsp3) is 0.800. The second kappa shape index (κ2) is 11.7. The smallest absolute Gasteiger partial charge is 0.303 e. The second-order valence-corrected chi connectivity index (χ2v) is 18.7. The van der Waals surface area contributed by atoms with Crippen LogP contribution in [0.1, 0.15) is 117 Å². The standard InChI is InChI=1S/C40H57N2O9/c1-22-19-25(33(36(5,6)46)48-23(2)43)49-31-30(22)37(7)14-15-40-21-39(40)13-11-28(35(3,4)26(39)9-10-27(40)38(37,8)32(31)44)50-29-20-42(17-18-47-29)34(45)24-12-16-41-51-24/h12,16,22,26,28-30,32-33,44,46H,9-11,13-15,17-21H2,1-8H3/t22-,26+,28?,29+,30+,32+,33+,37-,38-,39-,40+/m1/s1. The minimum Gasteiger partial charge on any atom is -0.456 e. The van der Waals surface area contributed by atoms with Crippen molar-refractivity contribution in [2.45, 2.75) is 137 Å². The maximum absolute atomic E-state index is 13.0. The lowest BCUT2D eigenvalue weighted by molar-refractivity contribution is -0.239. The van der Waals surface area contributed by atoms with Crippen molar-refractivity contribution >= 4 is 11.9 Å². The molecule has 1 unspecified atom stereocenters. The van der Waals surface area contributed by atoms with E-state index in [1.807, 2.05) is 0 Å². The lowest BCUT2D eigenvalue weighted by Gasteiger charge is -2.63. The van der Waals surface area contributed by atoms with E-state index in [1.165, 1.54) is 19.0 Å². The van der Waals surface area contributed by atoms with Gasteiger partial charge in [-0.2, -0.15) is 0 Å². The Balaban J connectivity index is 1.01. The van der Waals surface area contributed by atoms with Gasteiger partial charge in [-0.1, -0.05) is 39.8 Å². The topological polar surface area (TPSA) is 141 Å². The van der Waals surface area contributed by atoms with E-state index in [-0.39, 0.29) is 51.3 Å². The summed E-state index contributed by atoms with van der Waals surface area (Å²) in [5.41, 5.74) is -1.80. The summed E-state index contributed by atoms with van der Waals surface area (Å²) in [5, 5.41) is 27.2. The highest BCUT2D eigenvalue weighted by atomic mass is 16.7. The van der Waals surface area contributed by atoms with E-state index in [4.69, 9.17) is 23.5 Å². The number of esters is 1. The molecule has 2 saturated heterocycles. The predicted molar refractivity (Wildman–Crippen MR) is 184 cm³/mol. The fourth-order valence-electron chi connectivity index (χ4n) is 13.2. The molecule has 7 fully saturated rings. The Morgan fingerprint density at radius 3 is 2.59 bits per heavy atom. The van der Waals surface area contributed by atoms with Gasteiger partial charge in [0, 0.05) is 30.9 Å². The van der Waals surface area contributed by atoms with Gasteiger partial charge >= 0.3 is 5.97 Å². The van der Waals surface area contributed by atoms with E-state index in [9.17, 15) is 19.8 Å². The van der Waals surface area contributed by atoms with Crippen LogP contribution in [-0.4, -0.2) is 82.0 Å². The van der Waals surface area contributed by atoms with Crippen LogP contribution in [0.5, 0.6) is 0 Å². The molecule has 5 aliphatic carbocycles. The second-order valence-electron chi connectivity index (χ2n) is 18.7. The van der Waals surface area contributed by atoms with Gasteiger partial charge in [0.1, 0.15) is 12.2 Å². The number of nitrogens with zero attached hydrogens (tertiary/aromatic N) is 2. The molecule has 11 heteroatoms. The zero-order valence-electron chi connectivity index (χ0n) is 31.6. The third-order valence-corrected chi connectivity index (χ3v) is 15.5. The van der Waals surface area contributed by atoms with E-state index >= 15 is 0 Å². The van der Waals surface area contributed by atoms with Gasteiger partial charge in [-0.05, 0) is 105 Å². The number of rotatable bonds is 6. The van der Waals surface area contributed by atoms with Gasteiger partial charge < -0.3 is 38.6 Å². The predicted octanol–water partition coefficient (Wildman–Crippen LogP) is 5.66. The largest absolute Gasteiger partial charge is 0.456 e. The van der Waals surface area contributed by atoms with Crippen LogP contribution < -0.4 is 0 Å². The van der Waals surface area contributed by atoms with Crippen molar-refractivity contribution in [3.05, 3.63) is 36.1 Å². The summed E-state index contributed by atoms with van der Waals surface area (Å²) >= 11 is 0. The minimum absolute atomic E-state index is 0.00162. The molecule has 1 amide bonds. The van der Waals surface area contributed by atoms with Crippen molar-refractivity contribution in [1.29, 1.82) is 0 Å². The number of hydrogen-bond acceptors (Lipinski definition) is 10. The van der Waals surface area contributed by atoms with Gasteiger partial charge in [0.2, 0.25) is 5.76 Å². The molecule has 0 bridgehead atoms. The van der Waals surface area contributed by atoms with Gasteiger partial charge in [-0.3, -0.25) is 9.59 Å². The summed E-state index contributed by atoms with van der Waals surface area (Å²) in [7, 11) is 0. The highest BCUT2D eigenvalue weighted by molar-refractivity contribution is 5.91. The number of hydrogen-bond donors (Lipinski definition) is 2. The molecule has 8 rings (SSSR count). The summed E-state index contributed by atoms with van der Waals surface area (Å²) in [6.45, 7) is 17.5. The zero-order valence-corrected chi connectivity index (χ0v) is 31.6. The maximum Gasteiger partial charge on any atom is 0.303 e. The summed E-state index contributed by atoms with van der Waals surface area (Å²) in [6, 6.07) is 1.59. The molecule has 3 radical (unpaired) electrons. The molecule has 1 aromatic rings. The Morgan fingerprint density at radius 2 is 1.90 bits per heavy atom. The molecule has 3 heterocycles. The highest BCUT2D eigenvalue weighted by Gasteiger charge is 2.85. The van der Waals surface area contributed by atoms with Gasteiger partial charge in [0.15, 0.2) is 12.4 Å². The van der Waals surface area contributed by atoms with Gasteiger partial charge in [-0.15, -0.1) is 0 Å². The summed E-state index contributed by atoms with van der Waals surface area (Å²) < 4.78 is 30.3. The van der Waals surface area contributed by atoms with Crippen LogP contribution in [-0.2, 0) is 23.7 Å². The molecule has 11 nitrogen and oxygen atoms in total. The fourth-order valence-corrected chi connectivity index (χ4v) is 13.2. The zero-order chi connectivity index (χ0) is 36.5. The van der Waals surface area contributed by atoms with Crippen molar-refractivity contribution in [2.75, 3.05) is 19.7 Å². The van der Waals surface area contributed by atoms with Crippen LogP contribution in [0.4, 0.5) is 0 Å². The van der Waals surface area contributed by atoms with Gasteiger partial charge in [0.25, 0.3) is 5.91 Å². The van der Waals surface area contributed by atoms with E-state index < -0.39 is 35.5 Å². The number of aromatic nitrogens is 1. The van der Waals surface area contributed by atoms with Crippen molar-refractivity contribution in [1.82, 2.24) is 10.1 Å². The molecule has 11 atom stereocenters. The van der Waals surface area contributed by atoms with Crippen molar-refractivity contribution in [2.24, 2.45) is 44.8 Å². The van der Waals surface area contributed by atoms with E-state index in [0.29, 0.717) is 44.2 Å². The Kier molecular flexibility index (Phi) is 8.26. The van der Waals surface area contributed by atoms with Gasteiger partial charge in [-0.25, -0.2) is 0 Å². The minimum atomic E-state index is -1.33. The summed E-state index contributed by atoms with van der Waals surface area (Å²) in [5.74, 6) is 1.78. The number of fused-ring (bicyclic) bond motifs is 4. The van der Waals surface area contributed by atoms with Gasteiger partial charge in [0.05, 0.1) is 37.2 Å². The van der Waals surface area contributed by atoms with Crippen molar-refractivity contribution in [3.63, 3.8) is 0 Å². The lowest BCUT2D eigenvalue weighted by Crippen LogP contribution is -2.59. The first-order chi connectivity index (χ1) is 23.9. The first-order valence-electron chi connectivity index (χ1n) is 19.2. The number of aliphatic hydroxyl groups is 2. The van der Waals surface area contributed by atoms with Crippen LogP contribution >= 0.6 is 0 Å². The molecule has 0 aromatic carbocycles. The molecule has 2 aliphatic heterocycles. The molecular weight excluding hydrogens is 652 g/mol. The SMILES string of the molecule is CC(=O)O[C@@H]([C]1C[C@@H](C)[C@H]2[C](O1)[C@H](O)[C@@]1(C)[C]3CC[C@H]4C(C)(C)C(O[C@H]5CN(C(=O)c6ccno6)CCO5)CC[C@@]45C[C@@]35CC[C@]21C)C(C)(C)O. The lowest BCUT2D eigenvalue weighted by atomic mass is 9.41. The summed E-state index contributed by atoms with van der Waals surface area (Å²) in [6.07, 6.45) is 8.38. The number of carbonyl (C=O) groups is 2. The highest BCUT2D eigenvalue weighted by Crippen LogP contribution is 2.90. The molecule has 7 aliphatic rings. The molecular formula is C40H57N2O9. The molecule has 1 aromatic heterocycles. The first-order valence-corrected chi connectivity index (χ1v) is 19.2. The number of aliphatic hydroxyl groups excluding tert-OH is 1. The maximum atomic E-state index is 13.0. The van der Waals surface area contributed by atoms with Crippen LogP contribution in [0.3, 0.4) is 0 Å². The van der Waals surface area contributed by atoms with Crippen LogP contribution in [0, 0.1) is 63.0 Å². The molecule has 2 N–H and O–H groups in total. The number of morpholine rings is 1. The third kappa shape index (κ3) is 4.95. The number of ether oxygens (including phenoxy) is 4. The van der Waals surface area contributed by atoms with E-state index in [1.54, 1.807) is 24.8 Å². The third-order valence-electron chi connectivity index (χ3n) is 15.5. The average Bonchev–Trinajstić information content (AvgIpc) is 3.32. The number of amides is 1. The first kappa shape index (κ1) is 36.0. The van der Waals surface area contributed by atoms with E-state index in [0.717, 1.165) is 44.9 Å². The monoisotopic (exact) mass is 709 g/mol. The molecule has 281 valence electrons. The van der Waals surface area contributed by atoms with Crippen LogP contribution in [0.2, 0.25) is 0 Å². The Labute approximate surface area is 302 Å². The van der Waals surface area contributed by atoms with Crippen molar-refractivity contribution in [3.8, 4) is 0 Å². The average molecular weight is 710 g/mol.